The molecule has 2 rings (SSSR count). The average molecular weight is 294 g/mol. The van der Waals surface area contributed by atoms with E-state index in [9.17, 15) is 14.7 Å². The number of nitrogens with two attached hydrogens (primary N) is 1. The lowest BCUT2D eigenvalue weighted by Crippen LogP contribution is -2.31. The first-order chi connectivity index (χ1) is 10.1. The van der Waals surface area contributed by atoms with Gasteiger partial charge in [0, 0.05) is 31.3 Å². The van der Waals surface area contributed by atoms with Crippen LogP contribution in [0.4, 0.5) is 0 Å². The predicted molar refractivity (Wildman–Crippen MR) is 78.6 cm³/mol. The number of aromatic nitrogens is 1. The van der Waals surface area contributed by atoms with Crippen LogP contribution in [-0.4, -0.2) is 29.3 Å². The second-order valence-corrected chi connectivity index (χ2v) is 5.47. The van der Waals surface area contributed by atoms with Crippen LogP contribution in [0, 0.1) is 0 Å². The van der Waals surface area contributed by atoms with Crippen LogP contribution in [0.25, 0.3) is 0 Å². The number of ether oxygens (including phenoxy) is 1. The quantitative estimate of drug-likeness (QED) is 0.857. The van der Waals surface area contributed by atoms with Crippen LogP contribution in [0.3, 0.4) is 0 Å². The maximum absolute atomic E-state index is 12.2. The third-order valence-electron chi connectivity index (χ3n) is 4.09. The Labute approximate surface area is 123 Å². The first-order valence-corrected chi connectivity index (χ1v) is 7.31. The van der Waals surface area contributed by atoms with Crippen LogP contribution in [0.5, 0.6) is 5.75 Å². The number of pyridine rings is 1. The number of rotatable bonds is 5. The van der Waals surface area contributed by atoms with Crippen LogP contribution in [0.2, 0.25) is 0 Å². The molecular formula is C15H22N2O4. The van der Waals surface area contributed by atoms with Crippen molar-refractivity contribution >= 4 is 5.91 Å². The van der Waals surface area contributed by atoms with E-state index in [2.05, 4.69) is 0 Å². The fraction of sp³-hybridized carbons (Fsp3) is 0.600. The summed E-state index contributed by atoms with van der Waals surface area (Å²) in [6, 6.07) is 1.06. The Hall–Kier alpha value is -1.82. The summed E-state index contributed by atoms with van der Waals surface area (Å²) < 4.78 is 6.56. The Morgan fingerprint density at radius 1 is 1.43 bits per heavy atom. The fourth-order valence-electron chi connectivity index (χ4n) is 3.12. The third kappa shape index (κ3) is 3.26. The molecule has 0 radical (unpaired) electrons. The van der Waals surface area contributed by atoms with E-state index in [0.717, 1.165) is 38.2 Å². The smallest absolute Gasteiger partial charge is 0.254 e. The van der Waals surface area contributed by atoms with Gasteiger partial charge in [-0.05, 0) is 12.8 Å². The molecule has 0 atom stereocenters. The predicted octanol–water partition coefficient (Wildman–Crippen LogP) is 1.35. The Balaban J connectivity index is 2.58. The van der Waals surface area contributed by atoms with Gasteiger partial charge in [0.1, 0.15) is 11.3 Å². The standard InChI is InChI=1S/C15H22N2O4/c1-21-8-7-17-12(19)9-11(18)13(15(16)20)14(17)10-5-3-2-4-6-10/h9-10,18H,2-8H2,1H3,(H2,16,20). The van der Waals surface area contributed by atoms with E-state index in [1.54, 1.807) is 7.11 Å². The number of hydrogen-bond acceptors (Lipinski definition) is 4. The minimum Gasteiger partial charge on any atom is -0.507 e. The van der Waals surface area contributed by atoms with Gasteiger partial charge in [-0.2, -0.15) is 0 Å². The summed E-state index contributed by atoms with van der Waals surface area (Å²) >= 11 is 0. The van der Waals surface area contributed by atoms with Crippen molar-refractivity contribution in [2.75, 3.05) is 13.7 Å². The van der Waals surface area contributed by atoms with Crippen LogP contribution >= 0.6 is 0 Å². The highest BCUT2D eigenvalue weighted by Gasteiger charge is 2.27. The zero-order chi connectivity index (χ0) is 15.4. The molecular weight excluding hydrogens is 272 g/mol. The van der Waals surface area contributed by atoms with Gasteiger partial charge in [0.05, 0.1) is 6.61 Å². The highest BCUT2D eigenvalue weighted by molar-refractivity contribution is 5.96. The van der Waals surface area contributed by atoms with Crippen molar-refractivity contribution in [1.29, 1.82) is 0 Å². The molecule has 21 heavy (non-hydrogen) atoms. The summed E-state index contributed by atoms with van der Waals surface area (Å²) in [6.45, 7) is 0.713. The van der Waals surface area contributed by atoms with Gasteiger partial charge < -0.3 is 20.1 Å². The second kappa shape index (κ2) is 6.76. The number of aromatic hydroxyl groups is 1. The average Bonchev–Trinajstić information content (AvgIpc) is 2.46. The molecule has 3 N–H and O–H groups in total. The van der Waals surface area contributed by atoms with Crippen molar-refractivity contribution in [3.05, 3.63) is 27.7 Å². The van der Waals surface area contributed by atoms with Crippen molar-refractivity contribution in [3.63, 3.8) is 0 Å². The molecule has 0 bridgehead atoms. The zero-order valence-electron chi connectivity index (χ0n) is 12.3. The third-order valence-corrected chi connectivity index (χ3v) is 4.09. The molecule has 1 fully saturated rings. The van der Waals surface area contributed by atoms with E-state index in [1.807, 2.05) is 0 Å². The molecule has 1 amide bonds. The Morgan fingerprint density at radius 3 is 2.67 bits per heavy atom. The fourth-order valence-corrected chi connectivity index (χ4v) is 3.12. The summed E-state index contributed by atoms with van der Waals surface area (Å²) in [4.78, 5) is 23.9. The molecule has 1 aromatic rings. The summed E-state index contributed by atoms with van der Waals surface area (Å²) in [6.07, 6.45) is 5.06. The number of nitrogens with zero attached hydrogens (tertiary/aromatic N) is 1. The van der Waals surface area contributed by atoms with E-state index in [0.29, 0.717) is 18.8 Å². The largest absolute Gasteiger partial charge is 0.507 e. The monoisotopic (exact) mass is 294 g/mol. The van der Waals surface area contributed by atoms with Gasteiger partial charge in [0.25, 0.3) is 11.5 Å². The molecule has 1 aliphatic rings. The number of hydrogen-bond donors (Lipinski definition) is 2. The lowest BCUT2D eigenvalue weighted by Gasteiger charge is -2.27. The normalized spacial score (nSPS) is 16.0. The van der Waals surface area contributed by atoms with Crippen LogP contribution < -0.4 is 11.3 Å². The second-order valence-electron chi connectivity index (χ2n) is 5.47. The van der Waals surface area contributed by atoms with Crippen molar-refractivity contribution in [2.45, 2.75) is 44.6 Å². The van der Waals surface area contributed by atoms with Crippen molar-refractivity contribution in [1.82, 2.24) is 4.57 Å². The van der Waals surface area contributed by atoms with Gasteiger partial charge in [-0.25, -0.2) is 0 Å². The number of carbonyl (C=O) groups excluding carboxylic acids is 1. The molecule has 0 unspecified atom stereocenters. The van der Waals surface area contributed by atoms with Crippen molar-refractivity contribution in [2.24, 2.45) is 5.73 Å². The number of amides is 1. The van der Waals surface area contributed by atoms with Gasteiger partial charge in [-0.15, -0.1) is 0 Å². The Morgan fingerprint density at radius 2 is 2.10 bits per heavy atom. The molecule has 116 valence electrons. The number of carbonyl (C=O) groups is 1. The molecule has 0 aliphatic heterocycles. The zero-order valence-corrected chi connectivity index (χ0v) is 12.3. The molecule has 0 saturated heterocycles. The summed E-state index contributed by atoms with van der Waals surface area (Å²) in [5, 5.41) is 9.98. The highest BCUT2D eigenvalue weighted by atomic mass is 16.5. The van der Waals surface area contributed by atoms with E-state index >= 15 is 0 Å². The van der Waals surface area contributed by atoms with Gasteiger partial charge in [0.15, 0.2) is 0 Å². The van der Waals surface area contributed by atoms with E-state index in [-0.39, 0.29) is 22.8 Å². The molecule has 1 aliphatic carbocycles. The van der Waals surface area contributed by atoms with Gasteiger partial charge in [-0.3, -0.25) is 9.59 Å². The van der Waals surface area contributed by atoms with Crippen LogP contribution in [0.1, 0.15) is 54.1 Å². The molecule has 6 heteroatoms. The maximum Gasteiger partial charge on any atom is 0.254 e. The van der Waals surface area contributed by atoms with Gasteiger partial charge >= 0.3 is 0 Å². The molecule has 0 spiro atoms. The summed E-state index contributed by atoms with van der Waals surface area (Å²) in [5.74, 6) is -0.932. The van der Waals surface area contributed by atoms with Gasteiger partial charge in [0.2, 0.25) is 0 Å². The molecule has 0 aromatic carbocycles. The topological polar surface area (TPSA) is 94.6 Å². The van der Waals surface area contributed by atoms with E-state index < -0.39 is 5.91 Å². The van der Waals surface area contributed by atoms with Gasteiger partial charge in [-0.1, -0.05) is 19.3 Å². The maximum atomic E-state index is 12.2. The van der Waals surface area contributed by atoms with E-state index in [4.69, 9.17) is 10.5 Å². The minimum absolute atomic E-state index is 0.0811. The van der Waals surface area contributed by atoms with Crippen LogP contribution in [-0.2, 0) is 11.3 Å². The van der Waals surface area contributed by atoms with Crippen molar-refractivity contribution in [3.8, 4) is 5.75 Å². The lowest BCUT2D eigenvalue weighted by molar-refractivity contribution is 0.0994. The van der Waals surface area contributed by atoms with Crippen molar-refractivity contribution < 1.29 is 14.6 Å². The Kier molecular flexibility index (Phi) is 5.01. The first-order valence-electron chi connectivity index (χ1n) is 7.31. The number of primary amides is 1. The van der Waals surface area contributed by atoms with Crippen LogP contribution in [0.15, 0.2) is 10.9 Å². The molecule has 1 saturated carbocycles. The SMILES string of the molecule is COCCn1c(C2CCCCC2)c(C(N)=O)c(O)cc1=O. The number of methoxy groups -OCH3 is 1. The molecule has 1 heterocycles. The first kappa shape index (κ1) is 15.6. The van der Waals surface area contributed by atoms with E-state index in [1.165, 1.54) is 4.57 Å². The lowest BCUT2D eigenvalue weighted by atomic mass is 9.84. The summed E-state index contributed by atoms with van der Waals surface area (Å²) in [7, 11) is 1.56. The highest BCUT2D eigenvalue weighted by Crippen LogP contribution is 2.36. The molecule has 1 aromatic heterocycles. The minimum atomic E-state index is -0.695. The summed E-state index contributed by atoms with van der Waals surface area (Å²) in [5.41, 5.74) is 5.75. The molecule has 6 nitrogen and oxygen atoms in total. The Bertz CT molecular complexity index is 574.